The molecule has 3 aromatic heterocycles. The van der Waals surface area contributed by atoms with Crippen LogP contribution >= 0.6 is 0 Å². The summed E-state index contributed by atoms with van der Waals surface area (Å²) in [6.07, 6.45) is 2.59. The molecule has 2 amide bonds. The number of carbonyl (C=O) groups is 1. The highest BCUT2D eigenvalue weighted by Gasteiger charge is 2.37. The summed E-state index contributed by atoms with van der Waals surface area (Å²) in [5, 5.41) is 17.2. The van der Waals surface area contributed by atoms with Crippen molar-refractivity contribution in [1.82, 2.24) is 34.9 Å². The third kappa shape index (κ3) is 5.74. The number of methoxy groups -OCH3 is 1. The van der Waals surface area contributed by atoms with Crippen LogP contribution in [0.2, 0.25) is 0 Å². The van der Waals surface area contributed by atoms with Crippen molar-refractivity contribution in [2.75, 3.05) is 32.1 Å². The first kappa shape index (κ1) is 29.3. The Morgan fingerprint density at radius 3 is 2.64 bits per heavy atom. The molecule has 228 valence electrons. The van der Waals surface area contributed by atoms with Gasteiger partial charge in [-0.05, 0) is 55.0 Å². The maximum absolute atomic E-state index is 14.1. The Morgan fingerprint density at radius 2 is 1.89 bits per heavy atom. The Bertz CT molecular complexity index is 1820. The first-order chi connectivity index (χ1) is 21.2. The largest absolute Gasteiger partial charge is 0.383 e. The quantitative estimate of drug-likeness (QED) is 0.264. The summed E-state index contributed by atoms with van der Waals surface area (Å²) in [7, 11) is 3.35. The molecule has 0 radical (unpaired) electrons. The van der Waals surface area contributed by atoms with E-state index in [1.165, 1.54) is 22.9 Å². The molecule has 4 heterocycles. The van der Waals surface area contributed by atoms with Crippen LogP contribution in [-0.2, 0) is 16.6 Å². The number of carbonyl (C=O) groups excluding carboxylic acids is 1. The van der Waals surface area contributed by atoms with Gasteiger partial charge < -0.3 is 10.1 Å². The number of halogens is 3. The van der Waals surface area contributed by atoms with E-state index in [1.807, 2.05) is 6.07 Å². The normalized spacial score (nSPS) is 17.0. The molecule has 2 N–H and O–H groups in total. The Morgan fingerprint density at radius 1 is 1.09 bits per heavy atom. The van der Waals surface area contributed by atoms with Crippen LogP contribution in [0.3, 0.4) is 0 Å². The minimum absolute atomic E-state index is 0.263. The van der Waals surface area contributed by atoms with Gasteiger partial charge in [-0.15, -0.1) is 0 Å². The average Bonchev–Trinajstić information content (AvgIpc) is 3.69. The zero-order valence-corrected chi connectivity index (χ0v) is 24.1. The van der Waals surface area contributed by atoms with Gasteiger partial charge in [0.25, 0.3) is 0 Å². The third-order valence-electron chi connectivity index (χ3n) is 7.43. The summed E-state index contributed by atoms with van der Waals surface area (Å²) in [6, 6.07) is 9.89. The van der Waals surface area contributed by atoms with E-state index >= 15 is 0 Å². The molecule has 1 aliphatic rings. The molecule has 2 atom stereocenters. The molecule has 0 bridgehead atoms. The van der Waals surface area contributed by atoms with Gasteiger partial charge in [-0.25, -0.2) is 27.6 Å². The minimum atomic E-state index is -1.02. The van der Waals surface area contributed by atoms with Crippen molar-refractivity contribution in [3.05, 3.63) is 89.5 Å². The highest BCUT2D eigenvalue weighted by molar-refractivity contribution is 5.91. The molecular formula is C30H29F3N8O3. The van der Waals surface area contributed by atoms with Crippen molar-refractivity contribution in [1.29, 1.82) is 0 Å². The van der Waals surface area contributed by atoms with Gasteiger partial charge in [-0.1, -0.05) is 6.07 Å². The number of fused-ring (bicyclic) bond motifs is 1. The van der Waals surface area contributed by atoms with Gasteiger partial charge in [0.15, 0.2) is 17.3 Å². The van der Waals surface area contributed by atoms with Crippen molar-refractivity contribution in [3.63, 3.8) is 0 Å². The van der Waals surface area contributed by atoms with Crippen molar-refractivity contribution < 1.29 is 27.5 Å². The van der Waals surface area contributed by atoms with Crippen molar-refractivity contribution in [2.45, 2.75) is 19.1 Å². The lowest BCUT2D eigenvalue weighted by Gasteiger charge is -2.20. The van der Waals surface area contributed by atoms with Crippen LogP contribution in [-0.4, -0.2) is 68.5 Å². The Kier molecular flexibility index (Phi) is 8.03. The topological polar surface area (TPSA) is 111 Å². The number of nitrogens with one attached hydrogen (secondary N) is 2. The number of benzene rings is 2. The Hall–Kier alpha value is -4.79. The number of hydroxylamine groups is 2. The number of aromatic nitrogens is 5. The number of ether oxygens (including phenoxy) is 1. The van der Waals surface area contributed by atoms with Gasteiger partial charge in [-0.3, -0.25) is 14.8 Å². The second-order valence-corrected chi connectivity index (χ2v) is 10.4. The number of hydrogen-bond acceptors (Lipinski definition) is 7. The van der Waals surface area contributed by atoms with Crippen molar-refractivity contribution >= 4 is 22.9 Å². The molecule has 11 nitrogen and oxygen atoms in total. The lowest BCUT2D eigenvalue weighted by Crippen LogP contribution is -2.42. The number of anilines is 1. The molecule has 1 fully saturated rings. The van der Waals surface area contributed by atoms with E-state index in [0.29, 0.717) is 52.7 Å². The molecule has 0 saturated carbocycles. The van der Waals surface area contributed by atoms with Gasteiger partial charge in [0.05, 0.1) is 30.2 Å². The number of rotatable bonds is 8. The van der Waals surface area contributed by atoms with Crippen molar-refractivity contribution in [3.8, 4) is 16.9 Å². The molecule has 2 aromatic carbocycles. The molecule has 14 heteroatoms. The Balaban J connectivity index is 1.31. The SMILES string of the molecule is COCCN1C[C@@H](NC(=O)Nc2c(C)c(-c3cnc4c(cnn4C)c3)nn2-c2ccc(F)cc2)[C@H](c2ccc(F)c(F)c2)O1. The Labute approximate surface area is 250 Å². The zero-order chi connectivity index (χ0) is 31.0. The third-order valence-corrected chi connectivity index (χ3v) is 7.43. The molecule has 1 aliphatic heterocycles. The van der Waals surface area contributed by atoms with E-state index in [0.717, 1.165) is 17.5 Å². The fourth-order valence-electron chi connectivity index (χ4n) is 5.20. The first-order valence-corrected chi connectivity index (χ1v) is 13.8. The summed E-state index contributed by atoms with van der Waals surface area (Å²) in [4.78, 5) is 24.0. The van der Waals surface area contributed by atoms with Gasteiger partial charge in [0.2, 0.25) is 0 Å². The van der Waals surface area contributed by atoms with Crippen molar-refractivity contribution in [2.24, 2.45) is 7.05 Å². The summed E-state index contributed by atoms with van der Waals surface area (Å²) in [5.74, 6) is -2.08. The molecular weight excluding hydrogens is 577 g/mol. The number of nitrogens with zero attached hydrogens (tertiary/aromatic N) is 6. The van der Waals surface area contributed by atoms with E-state index in [4.69, 9.17) is 14.7 Å². The molecule has 44 heavy (non-hydrogen) atoms. The fourth-order valence-corrected chi connectivity index (χ4v) is 5.20. The number of pyridine rings is 1. The van der Waals surface area contributed by atoms with E-state index in [-0.39, 0.29) is 6.54 Å². The molecule has 0 spiro atoms. The predicted octanol–water partition coefficient (Wildman–Crippen LogP) is 4.67. The molecule has 1 saturated heterocycles. The van der Waals surface area contributed by atoms with Crippen LogP contribution in [0.1, 0.15) is 17.2 Å². The lowest BCUT2D eigenvalue weighted by atomic mass is 10.0. The number of aryl methyl sites for hydroxylation is 1. The van der Waals surface area contributed by atoms with Gasteiger partial charge >= 0.3 is 6.03 Å². The van der Waals surface area contributed by atoms with Crippen LogP contribution in [0.4, 0.5) is 23.8 Å². The summed E-state index contributed by atoms with van der Waals surface area (Å²) in [6.45, 7) is 2.83. The van der Waals surface area contributed by atoms with Crippen LogP contribution in [0.5, 0.6) is 0 Å². The first-order valence-electron chi connectivity index (χ1n) is 13.8. The van der Waals surface area contributed by atoms with Gasteiger partial charge in [-0.2, -0.15) is 15.3 Å². The zero-order valence-electron chi connectivity index (χ0n) is 24.1. The van der Waals surface area contributed by atoms with Gasteiger partial charge in [0, 0.05) is 50.0 Å². The molecule has 6 rings (SSSR count). The fraction of sp³-hybridized carbons (Fsp3) is 0.267. The summed E-state index contributed by atoms with van der Waals surface area (Å²) in [5.41, 5.74) is 3.47. The molecule has 0 aliphatic carbocycles. The molecule has 5 aromatic rings. The van der Waals surface area contributed by atoms with Crippen LogP contribution in [0.25, 0.3) is 28.0 Å². The van der Waals surface area contributed by atoms with E-state index in [2.05, 4.69) is 20.7 Å². The van der Waals surface area contributed by atoms with E-state index < -0.39 is 35.6 Å². The minimum Gasteiger partial charge on any atom is -0.383 e. The maximum Gasteiger partial charge on any atom is 0.320 e. The van der Waals surface area contributed by atoms with E-state index in [1.54, 1.807) is 55.4 Å². The number of hydrogen-bond donors (Lipinski definition) is 2. The van der Waals surface area contributed by atoms with Crippen LogP contribution < -0.4 is 10.6 Å². The predicted molar refractivity (Wildman–Crippen MR) is 155 cm³/mol. The highest BCUT2D eigenvalue weighted by Crippen LogP contribution is 2.33. The smallest absolute Gasteiger partial charge is 0.320 e. The number of urea groups is 1. The van der Waals surface area contributed by atoms with Crippen LogP contribution in [0, 0.1) is 24.4 Å². The summed E-state index contributed by atoms with van der Waals surface area (Å²) >= 11 is 0. The average molecular weight is 607 g/mol. The standard InChI is InChI=1S/C30H29F3N8O3/c1-17-26(19-12-20-15-35-39(2)29(20)34-14-19)38-41(22-7-5-21(31)6-8-22)28(17)37-30(42)36-25-16-40(10-11-43-3)44-27(25)18-4-9-23(32)24(33)13-18/h4-9,12-15,25,27H,10-11,16H2,1-3H3,(H2,36,37,42)/t25-,27+/m1/s1. The molecule has 0 unspecified atom stereocenters. The summed E-state index contributed by atoms with van der Waals surface area (Å²) < 4.78 is 49.9. The lowest BCUT2D eigenvalue weighted by molar-refractivity contribution is -0.154. The highest BCUT2D eigenvalue weighted by atomic mass is 19.2. The monoisotopic (exact) mass is 606 g/mol. The van der Waals surface area contributed by atoms with Crippen LogP contribution in [0.15, 0.2) is 60.9 Å². The number of amides is 2. The van der Waals surface area contributed by atoms with E-state index in [9.17, 15) is 18.0 Å². The second kappa shape index (κ2) is 12.1. The maximum atomic E-state index is 14.1. The van der Waals surface area contributed by atoms with Gasteiger partial charge in [0.1, 0.15) is 17.7 Å². The second-order valence-electron chi connectivity index (χ2n) is 10.4.